The Kier molecular flexibility index (Phi) is 5.87. The number of benzene rings is 2. The molecule has 1 atom stereocenters. The van der Waals surface area contributed by atoms with E-state index in [4.69, 9.17) is 0 Å². The Morgan fingerprint density at radius 2 is 1.62 bits per heavy atom. The number of para-hydroxylation sites is 1. The molecule has 2 fully saturated rings. The van der Waals surface area contributed by atoms with Gasteiger partial charge in [-0.2, -0.15) is 4.31 Å². The molecule has 7 heteroatoms. The number of anilines is 1. The molecule has 0 spiro atoms. The fourth-order valence-electron chi connectivity index (χ4n) is 4.18. The molecule has 0 radical (unpaired) electrons. The molecule has 2 saturated heterocycles. The molecule has 2 aliphatic rings. The normalized spacial score (nSPS) is 20.1. The number of carbonyl (C=O) groups excluding carboxylic acids is 1. The number of hydrogen-bond acceptors (Lipinski definition) is 4. The number of nitrogens with one attached hydrogen (secondary N) is 1. The van der Waals surface area contributed by atoms with Crippen LogP contribution in [0.15, 0.2) is 59.5 Å². The SMILES string of the molecule is O=C(NCC1CCCN1c1ccccc1)c1ccc(S(=O)(=O)N2CCCC2)cc1. The number of nitrogens with zero attached hydrogens (tertiary/aromatic N) is 2. The van der Waals surface area contributed by atoms with Crippen molar-refractivity contribution in [3.8, 4) is 0 Å². The van der Waals surface area contributed by atoms with Gasteiger partial charge in [0.2, 0.25) is 10.0 Å². The van der Waals surface area contributed by atoms with Gasteiger partial charge in [0.1, 0.15) is 0 Å². The van der Waals surface area contributed by atoms with E-state index >= 15 is 0 Å². The summed E-state index contributed by atoms with van der Waals surface area (Å²) in [6.45, 7) is 2.71. The molecule has 2 heterocycles. The van der Waals surface area contributed by atoms with Gasteiger partial charge in [0.05, 0.1) is 4.90 Å². The van der Waals surface area contributed by atoms with E-state index < -0.39 is 10.0 Å². The highest BCUT2D eigenvalue weighted by Gasteiger charge is 2.28. The lowest BCUT2D eigenvalue weighted by Gasteiger charge is -2.27. The fraction of sp³-hybridized carbons (Fsp3) is 0.409. The smallest absolute Gasteiger partial charge is 0.251 e. The summed E-state index contributed by atoms with van der Waals surface area (Å²) in [5.41, 5.74) is 1.66. The number of sulfonamides is 1. The summed E-state index contributed by atoms with van der Waals surface area (Å²) in [6.07, 6.45) is 3.96. The summed E-state index contributed by atoms with van der Waals surface area (Å²) in [5.74, 6) is -0.171. The average Bonchev–Trinajstić information content (AvgIpc) is 3.45. The standard InChI is InChI=1S/C22H27N3O3S/c26-22(23-17-20-9-6-16-25(20)19-7-2-1-3-8-19)18-10-12-21(13-11-18)29(27,28)24-14-4-5-15-24/h1-3,7-8,10-13,20H,4-6,9,14-17H2,(H,23,26). The third-order valence-corrected chi connectivity index (χ3v) is 7.70. The lowest BCUT2D eigenvalue weighted by molar-refractivity contribution is 0.0951. The van der Waals surface area contributed by atoms with Gasteiger partial charge in [-0.3, -0.25) is 4.79 Å². The van der Waals surface area contributed by atoms with Gasteiger partial charge < -0.3 is 10.2 Å². The Balaban J connectivity index is 1.37. The third kappa shape index (κ3) is 4.31. The Bertz CT molecular complexity index is 939. The van der Waals surface area contributed by atoms with Crippen molar-refractivity contribution in [1.29, 1.82) is 0 Å². The molecular formula is C22H27N3O3S. The van der Waals surface area contributed by atoms with Gasteiger partial charge in [-0.25, -0.2) is 8.42 Å². The summed E-state index contributed by atoms with van der Waals surface area (Å²) in [5, 5.41) is 3.01. The number of rotatable bonds is 6. The Hall–Kier alpha value is -2.38. The molecule has 2 aliphatic heterocycles. The monoisotopic (exact) mass is 413 g/mol. The Labute approximate surface area is 172 Å². The van der Waals surface area contributed by atoms with Gasteiger partial charge in [-0.1, -0.05) is 18.2 Å². The molecule has 4 rings (SSSR count). The number of hydrogen-bond donors (Lipinski definition) is 1. The summed E-state index contributed by atoms with van der Waals surface area (Å²) in [7, 11) is -3.45. The van der Waals surface area contributed by atoms with Crippen LogP contribution in [0.2, 0.25) is 0 Å². The van der Waals surface area contributed by atoms with E-state index in [0.29, 0.717) is 25.2 Å². The van der Waals surface area contributed by atoms with Crippen LogP contribution >= 0.6 is 0 Å². The highest BCUT2D eigenvalue weighted by atomic mass is 32.2. The number of amides is 1. The van der Waals surface area contributed by atoms with E-state index in [1.54, 1.807) is 12.1 Å². The van der Waals surface area contributed by atoms with Crippen LogP contribution in [0.25, 0.3) is 0 Å². The first-order valence-corrected chi connectivity index (χ1v) is 11.7. The van der Waals surface area contributed by atoms with E-state index in [1.165, 1.54) is 22.1 Å². The first kappa shape index (κ1) is 19.9. The lowest BCUT2D eigenvalue weighted by Crippen LogP contribution is -2.40. The van der Waals surface area contributed by atoms with E-state index in [-0.39, 0.29) is 16.8 Å². The average molecular weight is 414 g/mol. The molecule has 2 aromatic rings. The first-order chi connectivity index (χ1) is 14.1. The molecular weight excluding hydrogens is 386 g/mol. The minimum atomic E-state index is -3.45. The van der Waals surface area contributed by atoms with Gasteiger partial charge in [0.15, 0.2) is 0 Å². The maximum absolute atomic E-state index is 12.6. The predicted molar refractivity (Wildman–Crippen MR) is 114 cm³/mol. The van der Waals surface area contributed by atoms with Gasteiger partial charge in [0, 0.05) is 43.5 Å². The van der Waals surface area contributed by atoms with Crippen molar-refractivity contribution in [3.63, 3.8) is 0 Å². The predicted octanol–water partition coefficient (Wildman–Crippen LogP) is 2.87. The van der Waals surface area contributed by atoms with Crippen molar-refractivity contribution < 1.29 is 13.2 Å². The van der Waals surface area contributed by atoms with Crippen LogP contribution in [0.5, 0.6) is 0 Å². The summed E-state index contributed by atoms with van der Waals surface area (Å²) in [6, 6.07) is 16.8. The summed E-state index contributed by atoms with van der Waals surface area (Å²) < 4.78 is 26.7. The van der Waals surface area contributed by atoms with Crippen LogP contribution < -0.4 is 10.2 Å². The second-order valence-corrected chi connectivity index (χ2v) is 9.61. The molecule has 6 nitrogen and oxygen atoms in total. The zero-order valence-corrected chi connectivity index (χ0v) is 17.3. The zero-order chi connectivity index (χ0) is 20.3. The Morgan fingerprint density at radius 1 is 0.931 bits per heavy atom. The van der Waals surface area contributed by atoms with Crippen LogP contribution in [0.3, 0.4) is 0 Å². The fourth-order valence-corrected chi connectivity index (χ4v) is 5.69. The van der Waals surface area contributed by atoms with Gasteiger partial charge in [-0.05, 0) is 62.1 Å². The highest BCUT2D eigenvalue weighted by molar-refractivity contribution is 7.89. The summed E-state index contributed by atoms with van der Waals surface area (Å²) >= 11 is 0. The molecule has 1 unspecified atom stereocenters. The largest absolute Gasteiger partial charge is 0.367 e. The molecule has 0 aromatic heterocycles. The molecule has 0 bridgehead atoms. The third-order valence-electron chi connectivity index (χ3n) is 5.78. The second kappa shape index (κ2) is 8.55. The zero-order valence-electron chi connectivity index (χ0n) is 16.5. The van der Waals surface area contributed by atoms with Gasteiger partial charge >= 0.3 is 0 Å². The van der Waals surface area contributed by atoms with Gasteiger partial charge in [0.25, 0.3) is 5.91 Å². The van der Waals surface area contributed by atoms with Crippen molar-refractivity contribution in [3.05, 3.63) is 60.2 Å². The van der Waals surface area contributed by atoms with E-state index in [0.717, 1.165) is 32.2 Å². The topological polar surface area (TPSA) is 69.7 Å². The van der Waals surface area contributed by atoms with E-state index in [2.05, 4.69) is 22.3 Å². The van der Waals surface area contributed by atoms with Crippen molar-refractivity contribution in [2.24, 2.45) is 0 Å². The molecule has 2 aromatic carbocycles. The molecule has 0 aliphatic carbocycles. The molecule has 0 saturated carbocycles. The second-order valence-electron chi connectivity index (χ2n) is 7.67. The maximum atomic E-state index is 12.6. The molecule has 154 valence electrons. The van der Waals surface area contributed by atoms with Crippen molar-refractivity contribution in [2.75, 3.05) is 31.1 Å². The highest BCUT2D eigenvalue weighted by Crippen LogP contribution is 2.25. The minimum absolute atomic E-state index is 0.171. The van der Waals surface area contributed by atoms with Crippen molar-refractivity contribution >= 4 is 21.6 Å². The molecule has 1 N–H and O–H groups in total. The summed E-state index contributed by atoms with van der Waals surface area (Å²) in [4.78, 5) is 15.2. The van der Waals surface area contributed by atoms with Crippen LogP contribution in [-0.2, 0) is 10.0 Å². The van der Waals surface area contributed by atoms with Crippen LogP contribution in [0.4, 0.5) is 5.69 Å². The lowest BCUT2D eigenvalue weighted by atomic mass is 10.1. The Morgan fingerprint density at radius 3 is 2.31 bits per heavy atom. The molecule has 1 amide bonds. The van der Waals surface area contributed by atoms with E-state index in [9.17, 15) is 13.2 Å². The number of carbonyl (C=O) groups is 1. The van der Waals surface area contributed by atoms with E-state index in [1.807, 2.05) is 18.2 Å². The maximum Gasteiger partial charge on any atom is 0.251 e. The van der Waals surface area contributed by atoms with Crippen molar-refractivity contribution in [1.82, 2.24) is 9.62 Å². The van der Waals surface area contributed by atoms with Crippen LogP contribution in [0.1, 0.15) is 36.0 Å². The quantitative estimate of drug-likeness (QED) is 0.791. The van der Waals surface area contributed by atoms with Crippen LogP contribution in [-0.4, -0.2) is 50.9 Å². The first-order valence-electron chi connectivity index (χ1n) is 10.3. The van der Waals surface area contributed by atoms with Gasteiger partial charge in [-0.15, -0.1) is 0 Å². The van der Waals surface area contributed by atoms with Crippen LogP contribution in [0, 0.1) is 0 Å². The molecule has 29 heavy (non-hydrogen) atoms. The van der Waals surface area contributed by atoms with Crippen molar-refractivity contribution in [2.45, 2.75) is 36.6 Å². The minimum Gasteiger partial charge on any atom is -0.367 e.